The number of hydrogen-bond acceptors (Lipinski definition) is 3. The minimum Gasteiger partial charge on any atom is -0.289 e. The Morgan fingerprint density at radius 2 is 1.60 bits per heavy atom. The molecule has 3 rings (SSSR count). The van der Waals surface area contributed by atoms with Gasteiger partial charge in [0.1, 0.15) is 0 Å². The number of fused-ring (bicyclic) bond motifs is 1. The number of aryl methyl sites for hydroxylation is 1. The molecule has 0 N–H and O–H groups in total. The number of nitrogens with zero attached hydrogens (tertiary/aromatic N) is 1. The van der Waals surface area contributed by atoms with E-state index in [0.29, 0.717) is 22.4 Å². The summed E-state index contributed by atoms with van der Waals surface area (Å²) in [4.78, 5) is 28.9. The first-order chi connectivity index (χ1) is 11.7. The van der Waals surface area contributed by atoms with Crippen molar-refractivity contribution in [1.82, 2.24) is 4.98 Å². The lowest BCUT2D eigenvalue weighted by Crippen LogP contribution is -2.22. The lowest BCUT2D eigenvalue weighted by atomic mass is 9.83. The summed E-state index contributed by atoms with van der Waals surface area (Å²) in [6.45, 7) is 2.90. The number of aromatic nitrogens is 1. The average molecular weight is 345 g/mol. The lowest BCUT2D eigenvalue weighted by molar-refractivity contribution is -0.138. The van der Waals surface area contributed by atoms with Crippen LogP contribution in [-0.2, 0) is 12.6 Å². The lowest BCUT2D eigenvalue weighted by Gasteiger charge is -2.19. The van der Waals surface area contributed by atoms with Crippen molar-refractivity contribution in [3.8, 4) is 0 Å². The standard InChI is InChI=1S/C19H14F3NO2/c1-10-7-12(23-9-16(10)19(20,21)22)8-15-11(2)17(24)13-5-3-4-6-14(13)18(15)25/h3-7,9H,8H2,1-2H3. The largest absolute Gasteiger partial charge is 0.418 e. The van der Waals surface area contributed by atoms with Gasteiger partial charge in [-0.2, -0.15) is 13.2 Å². The van der Waals surface area contributed by atoms with Crippen LogP contribution in [-0.4, -0.2) is 16.6 Å². The molecule has 128 valence electrons. The maximum absolute atomic E-state index is 12.8. The van der Waals surface area contributed by atoms with E-state index < -0.39 is 11.7 Å². The fourth-order valence-electron chi connectivity index (χ4n) is 2.95. The summed E-state index contributed by atoms with van der Waals surface area (Å²) in [6.07, 6.45) is -3.69. The number of benzene rings is 1. The highest BCUT2D eigenvalue weighted by atomic mass is 19.4. The Balaban J connectivity index is 1.98. The Bertz CT molecular complexity index is 927. The SMILES string of the molecule is CC1=C(Cc2cc(C)c(C(F)(F)F)cn2)C(=O)c2ccccc2C1=O. The highest BCUT2D eigenvalue weighted by molar-refractivity contribution is 6.26. The van der Waals surface area contributed by atoms with Crippen LogP contribution in [0.5, 0.6) is 0 Å². The van der Waals surface area contributed by atoms with Crippen LogP contribution in [0.15, 0.2) is 47.7 Å². The first kappa shape index (κ1) is 17.1. The molecule has 1 aliphatic rings. The van der Waals surface area contributed by atoms with Crippen LogP contribution < -0.4 is 0 Å². The normalized spacial score (nSPS) is 14.8. The number of ketones is 2. The molecule has 2 aromatic rings. The molecule has 25 heavy (non-hydrogen) atoms. The van der Waals surface area contributed by atoms with Gasteiger partial charge < -0.3 is 0 Å². The summed E-state index contributed by atoms with van der Waals surface area (Å²) < 4.78 is 38.5. The van der Waals surface area contributed by atoms with Gasteiger partial charge in [-0.15, -0.1) is 0 Å². The molecule has 0 unspecified atom stereocenters. The second kappa shape index (κ2) is 5.95. The highest BCUT2D eigenvalue weighted by Gasteiger charge is 2.33. The van der Waals surface area contributed by atoms with Gasteiger partial charge in [0.15, 0.2) is 11.6 Å². The van der Waals surface area contributed by atoms with Crippen molar-refractivity contribution in [3.05, 3.63) is 75.6 Å². The van der Waals surface area contributed by atoms with Gasteiger partial charge in [-0.3, -0.25) is 14.6 Å². The van der Waals surface area contributed by atoms with Crippen molar-refractivity contribution in [1.29, 1.82) is 0 Å². The Hall–Kier alpha value is -2.76. The molecule has 0 amide bonds. The van der Waals surface area contributed by atoms with Gasteiger partial charge >= 0.3 is 6.18 Å². The maximum Gasteiger partial charge on any atom is 0.418 e. The molecule has 0 atom stereocenters. The maximum atomic E-state index is 12.8. The number of carbonyl (C=O) groups is 2. The summed E-state index contributed by atoms with van der Waals surface area (Å²) in [5.41, 5.74) is 0.796. The summed E-state index contributed by atoms with van der Waals surface area (Å²) in [7, 11) is 0. The Morgan fingerprint density at radius 3 is 2.16 bits per heavy atom. The molecule has 0 bridgehead atoms. The molecule has 1 aliphatic carbocycles. The third-order valence-corrected chi connectivity index (χ3v) is 4.31. The van der Waals surface area contributed by atoms with Crippen molar-refractivity contribution in [3.63, 3.8) is 0 Å². The predicted octanol–water partition coefficient (Wildman–Crippen LogP) is 4.35. The molecule has 3 nitrogen and oxygen atoms in total. The number of allylic oxidation sites excluding steroid dienone is 2. The van der Waals surface area contributed by atoms with Crippen LogP contribution in [0.4, 0.5) is 13.2 Å². The second-order valence-corrected chi connectivity index (χ2v) is 5.97. The van der Waals surface area contributed by atoms with E-state index in [9.17, 15) is 22.8 Å². The zero-order valence-electron chi connectivity index (χ0n) is 13.6. The fourth-order valence-corrected chi connectivity index (χ4v) is 2.95. The van der Waals surface area contributed by atoms with E-state index in [0.717, 1.165) is 6.20 Å². The summed E-state index contributed by atoms with van der Waals surface area (Å²) in [6, 6.07) is 7.83. The van der Waals surface area contributed by atoms with Crippen LogP contribution in [0.3, 0.4) is 0 Å². The number of Topliss-reactive ketones (excluding diaryl/α,β-unsaturated/α-hetero) is 2. The molecule has 0 fully saturated rings. The van der Waals surface area contributed by atoms with E-state index >= 15 is 0 Å². The number of carbonyl (C=O) groups excluding carboxylic acids is 2. The van der Waals surface area contributed by atoms with Crippen molar-refractivity contribution in [2.45, 2.75) is 26.4 Å². The van der Waals surface area contributed by atoms with Crippen LogP contribution in [0.1, 0.15) is 44.5 Å². The summed E-state index contributed by atoms with van der Waals surface area (Å²) >= 11 is 0. The average Bonchev–Trinajstić information content (AvgIpc) is 2.55. The van der Waals surface area contributed by atoms with Crippen LogP contribution in [0, 0.1) is 6.92 Å². The van der Waals surface area contributed by atoms with E-state index in [2.05, 4.69) is 4.98 Å². The van der Waals surface area contributed by atoms with Crippen LogP contribution in [0.25, 0.3) is 0 Å². The molecule has 1 aromatic carbocycles. The number of hydrogen-bond donors (Lipinski definition) is 0. The van der Waals surface area contributed by atoms with E-state index in [-0.39, 0.29) is 29.1 Å². The molecule has 1 heterocycles. The molecule has 0 saturated heterocycles. The minimum atomic E-state index is -4.47. The third-order valence-electron chi connectivity index (χ3n) is 4.31. The smallest absolute Gasteiger partial charge is 0.289 e. The van der Waals surface area contributed by atoms with Crippen LogP contribution >= 0.6 is 0 Å². The predicted molar refractivity (Wildman–Crippen MR) is 85.5 cm³/mol. The molecule has 0 saturated carbocycles. The van der Waals surface area contributed by atoms with Gasteiger partial charge in [-0.25, -0.2) is 0 Å². The van der Waals surface area contributed by atoms with Gasteiger partial charge in [0.25, 0.3) is 0 Å². The third kappa shape index (κ3) is 2.99. The molecule has 6 heteroatoms. The zero-order valence-corrected chi connectivity index (χ0v) is 13.6. The number of rotatable bonds is 2. The van der Waals surface area contributed by atoms with E-state index in [4.69, 9.17) is 0 Å². The van der Waals surface area contributed by atoms with Crippen molar-refractivity contribution < 1.29 is 22.8 Å². The van der Waals surface area contributed by atoms with Gasteiger partial charge in [0.05, 0.1) is 5.56 Å². The molecule has 0 aliphatic heterocycles. The highest BCUT2D eigenvalue weighted by Crippen LogP contribution is 2.32. The van der Waals surface area contributed by atoms with E-state index in [1.54, 1.807) is 31.2 Å². The van der Waals surface area contributed by atoms with Crippen molar-refractivity contribution in [2.75, 3.05) is 0 Å². The molecule has 0 spiro atoms. The van der Waals surface area contributed by atoms with Crippen molar-refractivity contribution >= 4 is 11.6 Å². The molecule has 1 aromatic heterocycles. The Labute approximate surface area is 142 Å². The molecular formula is C19H14F3NO2. The van der Waals surface area contributed by atoms with E-state index in [1.807, 2.05) is 0 Å². The summed E-state index contributed by atoms with van der Waals surface area (Å²) in [5, 5.41) is 0. The molecular weight excluding hydrogens is 331 g/mol. The topological polar surface area (TPSA) is 47.0 Å². The fraction of sp³-hybridized carbons (Fsp3) is 0.211. The minimum absolute atomic E-state index is 0.0176. The Kier molecular flexibility index (Phi) is 4.06. The van der Waals surface area contributed by atoms with Gasteiger partial charge in [0.2, 0.25) is 0 Å². The van der Waals surface area contributed by atoms with Gasteiger partial charge in [-0.1, -0.05) is 24.3 Å². The van der Waals surface area contributed by atoms with Crippen LogP contribution in [0.2, 0.25) is 0 Å². The Morgan fingerprint density at radius 1 is 1.00 bits per heavy atom. The quantitative estimate of drug-likeness (QED) is 0.813. The van der Waals surface area contributed by atoms with Gasteiger partial charge in [0, 0.05) is 40.6 Å². The first-order valence-corrected chi connectivity index (χ1v) is 7.61. The number of pyridine rings is 1. The number of alkyl halides is 3. The van der Waals surface area contributed by atoms with E-state index in [1.165, 1.54) is 13.0 Å². The first-order valence-electron chi connectivity index (χ1n) is 7.61. The summed E-state index contributed by atoms with van der Waals surface area (Å²) in [5.74, 6) is -0.527. The van der Waals surface area contributed by atoms with Gasteiger partial charge in [-0.05, 0) is 25.5 Å². The monoisotopic (exact) mass is 345 g/mol. The van der Waals surface area contributed by atoms with Crippen molar-refractivity contribution in [2.24, 2.45) is 0 Å². The molecule has 0 radical (unpaired) electrons. The number of halogens is 3. The zero-order chi connectivity index (χ0) is 18.4. The second-order valence-electron chi connectivity index (χ2n) is 5.97.